The van der Waals surface area contributed by atoms with Gasteiger partial charge in [-0.25, -0.2) is 0 Å². The van der Waals surface area contributed by atoms with Crippen molar-refractivity contribution in [3.63, 3.8) is 0 Å². The smallest absolute Gasteiger partial charge is 0.220 e. The lowest BCUT2D eigenvalue weighted by molar-refractivity contribution is -0.122. The Morgan fingerprint density at radius 3 is 2.54 bits per heavy atom. The maximum absolute atomic E-state index is 12.3. The lowest BCUT2D eigenvalue weighted by Crippen LogP contribution is -2.38. The monoisotopic (exact) mass is 329 g/mol. The molecule has 2 aliphatic rings. The molecular weight excluding hydrogens is 302 g/mol. The van der Waals surface area contributed by atoms with Crippen LogP contribution in [-0.2, 0) is 17.6 Å². The van der Waals surface area contributed by atoms with Gasteiger partial charge in [-0.15, -0.1) is 0 Å². The van der Waals surface area contributed by atoms with E-state index in [0.717, 1.165) is 44.1 Å². The van der Waals surface area contributed by atoms with Crippen LogP contribution in [-0.4, -0.2) is 29.4 Å². The summed E-state index contributed by atoms with van der Waals surface area (Å²) in [7, 11) is 0. The van der Waals surface area contributed by atoms with E-state index in [1.807, 2.05) is 12.1 Å². The number of fused-ring (bicyclic) bond motifs is 1. The molecule has 4 heteroatoms. The Balaban J connectivity index is 1.43. The van der Waals surface area contributed by atoms with Crippen molar-refractivity contribution in [1.29, 1.82) is 0 Å². The second-order valence-electron chi connectivity index (χ2n) is 7.23. The van der Waals surface area contributed by atoms with E-state index in [0.29, 0.717) is 5.92 Å². The van der Waals surface area contributed by atoms with Crippen LogP contribution in [0, 0.1) is 5.92 Å². The van der Waals surface area contributed by atoms with Gasteiger partial charge >= 0.3 is 0 Å². The van der Waals surface area contributed by atoms with Crippen LogP contribution >= 0.6 is 0 Å². The van der Waals surface area contributed by atoms with E-state index in [2.05, 4.69) is 11.4 Å². The van der Waals surface area contributed by atoms with Gasteiger partial charge in [0, 0.05) is 31.1 Å². The predicted molar refractivity (Wildman–Crippen MR) is 93.0 cm³/mol. The zero-order chi connectivity index (χ0) is 16.9. The molecule has 2 aliphatic carbocycles. The lowest BCUT2D eigenvalue weighted by atomic mass is 9.86. The van der Waals surface area contributed by atoms with Crippen LogP contribution in [0.15, 0.2) is 18.2 Å². The summed E-state index contributed by atoms with van der Waals surface area (Å²) in [5.74, 6) is 0.417. The van der Waals surface area contributed by atoms with E-state index >= 15 is 0 Å². The number of rotatable bonds is 6. The summed E-state index contributed by atoms with van der Waals surface area (Å²) >= 11 is 0. The van der Waals surface area contributed by atoms with Crippen LogP contribution in [0.1, 0.15) is 66.4 Å². The van der Waals surface area contributed by atoms with Crippen LogP contribution in [0.3, 0.4) is 0 Å². The van der Waals surface area contributed by atoms with Gasteiger partial charge in [-0.3, -0.25) is 9.59 Å². The van der Waals surface area contributed by atoms with Crippen LogP contribution < -0.4 is 5.32 Å². The molecule has 1 fully saturated rings. The first-order valence-corrected chi connectivity index (χ1v) is 9.21. The van der Waals surface area contributed by atoms with Crippen molar-refractivity contribution in [3.05, 3.63) is 34.9 Å². The molecule has 2 N–H and O–H groups in total. The van der Waals surface area contributed by atoms with Gasteiger partial charge in [-0.2, -0.15) is 0 Å². The molecule has 0 heterocycles. The zero-order valence-electron chi connectivity index (χ0n) is 14.2. The number of ketones is 1. The molecule has 0 radical (unpaired) electrons. The predicted octanol–water partition coefficient (Wildman–Crippen LogP) is 2.81. The Morgan fingerprint density at radius 1 is 1.04 bits per heavy atom. The minimum Gasteiger partial charge on any atom is -0.396 e. The third-order valence-corrected chi connectivity index (χ3v) is 5.47. The molecular formula is C20H27NO3. The molecule has 0 aliphatic heterocycles. The SMILES string of the molecule is O=C(CCC(=O)c1ccc2c(c1)CCC2)NC1CCC(CO)CC1. The zero-order valence-corrected chi connectivity index (χ0v) is 14.2. The quantitative estimate of drug-likeness (QED) is 0.789. The molecule has 0 atom stereocenters. The average Bonchev–Trinajstić information content (AvgIpc) is 3.08. The Hall–Kier alpha value is -1.68. The van der Waals surface area contributed by atoms with Crippen molar-refractivity contribution in [2.24, 2.45) is 5.92 Å². The van der Waals surface area contributed by atoms with E-state index < -0.39 is 0 Å². The molecule has 0 saturated heterocycles. The Labute approximate surface area is 143 Å². The number of carbonyl (C=O) groups is 2. The lowest BCUT2D eigenvalue weighted by Gasteiger charge is -2.27. The van der Waals surface area contributed by atoms with Gasteiger partial charge in [0.1, 0.15) is 0 Å². The molecule has 0 unspecified atom stereocenters. The van der Waals surface area contributed by atoms with Crippen molar-refractivity contribution >= 4 is 11.7 Å². The van der Waals surface area contributed by atoms with Crippen molar-refractivity contribution in [2.75, 3.05) is 6.61 Å². The highest BCUT2D eigenvalue weighted by atomic mass is 16.3. The third kappa shape index (κ3) is 4.23. The number of aryl methyl sites for hydroxylation is 2. The molecule has 24 heavy (non-hydrogen) atoms. The summed E-state index contributed by atoms with van der Waals surface area (Å²) in [6.07, 6.45) is 7.68. The fourth-order valence-electron chi connectivity index (χ4n) is 3.91. The second kappa shape index (κ2) is 7.93. The molecule has 3 rings (SSSR count). The molecule has 130 valence electrons. The maximum Gasteiger partial charge on any atom is 0.220 e. The molecule has 0 aromatic heterocycles. The second-order valence-corrected chi connectivity index (χ2v) is 7.23. The fourth-order valence-corrected chi connectivity index (χ4v) is 3.91. The largest absolute Gasteiger partial charge is 0.396 e. The number of carbonyl (C=O) groups excluding carboxylic acids is 2. The molecule has 1 aromatic rings. The topological polar surface area (TPSA) is 66.4 Å². The van der Waals surface area contributed by atoms with Crippen LogP contribution in [0.2, 0.25) is 0 Å². The number of nitrogens with one attached hydrogen (secondary N) is 1. The number of aliphatic hydroxyl groups excluding tert-OH is 1. The fraction of sp³-hybridized carbons (Fsp3) is 0.600. The van der Waals surface area contributed by atoms with Crippen molar-refractivity contribution in [1.82, 2.24) is 5.32 Å². The van der Waals surface area contributed by atoms with Gasteiger partial charge in [-0.05, 0) is 68.1 Å². The summed E-state index contributed by atoms with van der Waals surface area (Å²) in [5.41, 5.74) is 3.40. The first-order valence-electron chi connectivity index (χ1n) is 9.21. The Kier molecular flexibility index (Phi) is 5.67. The standard InChI is InChI=1S/C20H27NO3/c22-13-14-4-8-18(9-5-14)21-20(24)11-10-19(23)17-7-6-15-2-1-3-16(15)12-17/h6-7,12,14,18,22H,1-5,8-11,13H2,(H,21,24). The van der Waals surface area contributed by atoms with E-state index in [9.17, 15) is 9.59 Å². The van der Waals surface area contributed by atoms with Crippen LogP contribution in [0.4, 0.5) is 0 Å². The molecule has 1 aromatic carbocycles. The number of benzene rings is 1. The molecule has 1 amide bonds. The van der Waals surface area contributed by atoms with E-state index in [-0.39, 0.29) is 37.2 Å². The van der Waals surface area contributed by atoms with E-state index in [4.69, 9.17) is 5.11 Å². The van der Waals surface area contributed by atoms with E-state index in [1.165, 1.54) is 17.5 Å². The average molecular weight is 329 g/mol. The molecule has 0 spiro atoms. The minimum atomic E-state index is -0.0306. The van der Waals surface area contributed by atoms with Crippen molar-refractivity contribution in [2.45, 2.75) is 63.8 Å². The first-order chi connectivity index (χ1) is 11.7. The first kappa shape index (κ1) is 17.2. The maximum atomic E-state index is 12.3. The summed E-state index contributed by atoms with van der Waals surface area (Å²) in [5, 5.41) is 12.2. The molecule has 0 bridgehead atoms. The summed E-state index contributed by atoms with van der Waals surface area (Å²) in [4.78, 5) is 24.4. The van der Waals surface area contributed by atoms with E-state index in [1.54, 1.807) is 0 Å². The van der Waals surface area contributed by atoms with Gasteiger partial charge < -0.3 is 10.4 Å². The Bertz CT molecular complexity index is 603. The number of amides is 1. The number of hydrogen-bond donors (Lipinski definition) is 2. The van der Waals surface area contributed by atoms with Gasteiger partial charge in [0.05, 0.1) is 0 Å². The Morgan fingerprint density at radius 2 is 1.79 bits per heavy atom. The number of Topliss-reactive ketones (excluding diaryl/α,β-unsaturated/α-hetero) is 1. The van der Waals surface area contributed by atoms with Crippen LogP contribution in [0.25, 0.3) is 0 Å². The van der Waals surface area contributed by atoms with Crippen LogP contribution in [0.5, 0.6) is 0 Å². The number of hydrogen-bond acceptors (Lipinski definition) is 3. The summed E-state index contributed by atoms with van der Waals surface area (Å²) in [6, 6.07) is 6.18. The van der Waals surface area contributed by atoms with Gasteiger partial charge in [-0.1, -0.05) is 12.1 Å². The third-order valence-electron chi connectivity index (χ3n) is 5.47. The molecule has 1 saturated carbocycles. The van der Waals surface area contributed by atoms with Gasteiger partial charge in [0.15, 0.2) is 5.78 Å². The molecule has 4 nitrogen and oxygen atoms in total. The minimum absolute atomic E-state index is 0.0306. The van der Waals surface area contributed by atoms with Gasteiger partial charge in [0.2, 0.25) is 5.91 Å². The summed E-state index contributed by atoms with van der Waals surface area (Å²) < 4.78 is 0. The van der Waals surface area contributed by atoms with Gasteiger partial charge in [0.25, 0.3) is 0 Å². The highest BCUT2D eigenvalue weighted by Gasteiger charge is 2.22. The summed E-state index contributed by atoms with van der Waals surface area (Å²) in [6.45, 7) is 0.246. The van der Waals surface area contributed by atoms with Crippen molar-refractivity contribution in [3.8, 4) is 0 Å². The van der Waals surface area contributed by atoms with Crippen molar-refractivity contribution < 1.29 is 14.7 Å². The normalized spacial score (nSPS) is 22.9. The highest BCUT2D eigenvalue weighted by Crippen LogP contribution is 2.25. The number of aliphatic hydroxyl groups is 1. The highest BCUT2D eigenvalue weighted by molar-refractivity contribution is 5.98.